The van der Waals surface area contributed by atoms with Gasteiger partial charge in [-0.3, -0.25) is 9.97 Å². The first kappa shape index (κ1) is 15.8. The highest BCUT2D eigenvalue weighted by Crippen LogP contribution is 2.13. The lowest BCUT2D eigenvalue weighted by molar-refractivity contribution is 0.385. The molecule has 6 heteroatoms. The maximum Gasteiger partial charge on any atom is 0.147 e. The Labute approximate surface area is 142 Å². The molecule has 1 aliphatic rings. The highest BCUT2D eigenvalue weighted by molar-refractivity contribution is 7.80. The lowest BCUT2D eigenvalue weighted by Gasteiger charge is -2.36. The summed E-state index contributed by atoms with van der Waals surface area (Å²) in [6.45, 7) is 7.79. The molecule has 0 bridgehead atoms. The van der Waals surface area contributed by atoms with Gasteiger partial charge in [-0.2, -0.15) is 0 Å². The number of thiocarbonyl (C=S) groups is 1. The Morgan fingerprint density at radius 3 is 2.57 bits per heavy atom. The highest BCUT2D eigenvalue weighted by Gasteiger charge is 2.20. The number of pyridine rings is 1. The van der Waals surface area contributed by atoms with Crippen LogP contribution in [0.5, 0.6) is 0 Å². The van der Waals surface area contributed by atoms with Crippen LogP contribution in [0.2, 0.25) is 0 Å². The molecule has 2 aromatic rings. The van der Waals surface area contributed by atoms with Gasteiger partial charge in [-0.15, -0.1) is 0 Å². The number of hydrogen-bond donors (Lipinski definition) is 0. The second-order valence-electron chi connectivity index (χ2n) is 5.89. The van der Waals surface area contributed by atoms with Gasteiger partial charge < -0.3 is 9.80 Å². The van der Waals surface area contributed by atoms with Gasteiger partial charge in [0, 0.05) is 56.4 Å². The molecule has 0 spiro atoms. The topological polar surface area (TPSA) is 45.2 Å². The predicted octanol–water partition coefficient (Wildman–Crippen LogP) is 2.18. The Morgan fingerprint density at radius 1 is 1.13 bits per heavy atom. The summed E-state index contributed by atoms with van der Waals surface area (Å²) >= 11 is 5.64. The third-order valence-corrected chi connectivity index (χ3v) is 4.39. The summed E-state index contributed by atoms with van der Waals surface area (Å²) < 4.78 is 0. The zero-order valence-electron chi connectivity index (χ0n) is 13.6. The zero-order chi connectivity index (χ0) is 16.2. The average molecular weight is 327 g/mol. The van der Waals surface area contributed by atoms with E-state index in [1.54, 1.807) is 12.4 Å². The third kappa shape index (κ3) is 4.01. The molecule has 3 rings (SSSR count). The quantitative estimate of drug-likeness (QED) is 0.805. The number of aromatic nitrogens is 3. The standard InChI is InChI=1S/C17H21N5S/c1-13-9-14(2)20-15(10-13)11-17(23)22-7-5-21(6-8-22)16-12-18-3-4-19-16/h3-4,9-10,12H,5-8,11H2,1-2H3. The van der Waals surface area contributed by atoms with Crippen molar-refractivity contribution in [2.75, 3.05) is 31.1 Å². The molecule has 1 aliphatic heterocycles. The summed E-state index contributed by atoms with van der Waals surface area (Å²) in [5, 5.41) is 0. The van der Waals surface area contributed by atoms with Crippen molar-refractivity contribution < 1.29 is 0 Å². The van der Waals surface area contributed by atoms with Crippen molar-refractivity contribution in [2.24, 2.45) is 0 Å². The summed E-state index contributed by atoms with van der Waals surface area (Å²) in [7, 11) is 0. The van der Waals surface area contributed by atoms with Crippen molar-refractivity contribution in [3.05, 3.63) is 47.7 Å². The molecule has 0 atom stereocenters. The molecular formula is C17H21N5S. The van der Waals surface area contributed by atoms with Crippen molar-refractivity contribution in [1.82, 2.24) is 19.9 Å². The van der Waals surface area contributed by atoms with Gasteiger partial charge in [0.05, 0.1) is 11.2 Å². The van der Waals surface area contributed by atoms with Crippen LogP contribution in [0.25, 0.3) is 0 Å². The first-order valence-electron chi connectivity index (χ1n) is 7.85. The minimum absolute atomic E-state index is 0.739. The smallest absolute Gasteiger partial charge is 0.147 e. The van der Waals surface area contributed by atoms with Crippen LogP contribution in [0.15, 0.2) is 30.7 Å². The van der Waals surface area contributed by atoms with E-state index in [1.807, 2.05) is 13.1 Å². The van der Waals surface area contributed by atoms with Crippen LogP contribution < -0.4 is 4.90 Å². The Kier molecular flexibility index (Phi) is 4.81. The fraction of sp³-hybridized carbons (Fsp3) is 0.412. The number of piperazine rings is 1. The van der Waals surface area contributed by atoms with E-state index in [4.69, 9.17) is 12.2 Å². The van der Waals surface area contributed by atoms with E-state index in [9.17, 15) is 0 Å². The molecule has 23 heavy (non-hydrogen) atoms. The van der Waals surface area contributed by atoms with Crippen LogP contribution in [-0.4, -0.2) is 51.0 Å². The van der Waals surface area contributed by atoms with Crippen molar-refractivity contribution in [2.45, 2.75) is 20.3 Å². The van der Waals surface area contributed by atoms with E-state index in [-0.39, 0.29) is 0 Å². The number of anilines is 1. The third-order valence-electron chi connectivity index (χ3n) is 3.99. The lowest BCUT2D eigenvalue weighted by Crippen LogP contribution is -2.49. The van der Waals surface area contributed by atoms with E-state index < -0.39 is 0 Å². The molecule has 0 aliphatic carbocycles. The molecule has 3 heterocycles. The van der Waals surface area contributed by atoms with E-state index in [0.29, 0.717) is 0 Å². The summed E-state index contributed by atoms with van der Waals surface area (Å²) in [5.41, 5.74) is 3.35. The van der Waals surface area contributed by atoms with Crippen LogP contribution in [0.4, 0.5) is 5.82 Å². The van der Waals surface area contributed by atoms with Crippen molar-refractivity contribution >= 4 is 23.0 Å². The zero-order valence-corrected chi connectivity index (χ0v) is 14.4. The minimum Gasteiger partial charge on any atom is -0.362 e. The summed E-state index contributed by atoms with van der Waals surface area (Å²) in [5.74, 6) is 0.939. The van der Waals surface area contributed by atoms with Crippen LogP contribution in [0.3, 0.4) is 0 Å². The molecule has 0 saturated carbocycles. The second kappa shape index (κ2) is 7.00. The first-order valence-corrected chi connectivity index (χ1v) is 8.25. The molecule has 120 valence electrons. The minimum atomic E-state index is 0.739. The Morgan fingerprint density at radius 2 is 1.91 bits per heavy atom. The van der Waals surface area contributed by atoms with Crippen LogP contribution in [-0.2, 0) is 6.42 Å². The van der Waals surface area contributed by atoms with E-state index in [2.05, 4.69) is 43.8 Å². The Bertz CT molecular complexity index is 660. The van der Waals surface area contributed by atoms with Gasteiger partial charge in [-0.1, -0.05) is 12.2 Å². The number of aryl methyl sites for hydroxylation is 2. The molecule has 0 aromatic carbocycles. The fourth-order valence-corrected chi connectivity index (χ4v) is 3.25. The number of hydrogen-bond acceptors (Lipinski definition) is 5. The van der Waals surface area contributed by atoms with Gasteiger partial charge in [-0.25, -0.2) is 4.98 Å². The summed E-state index contributed by atoms with van der Waals surface area (Å²) in [6.07, 6.45) is 5.99. The number of nitrogens with zero attached hydrogens (tertiary/aromatic N) is 5. The van der Waals surface area contributed by atoms with Gasteiger partial charge >= 0.3 is 0 Å². The monoisotopic (exact) mass is 327 g/mol. The maximum absolute atomic E-state index is 5.64. The summed E-state index contributed by atoms with van der Waals surface area (Å²) in [6, 6.07) is 4.21. The second-order valence-corrected chi connectivity index (χ2v) is 6.36. The first-order chi connectivity index (χ1) is 11.1. The van der Waals surface area contributed by atoms with Gasteiger partial charge in [0.2, 0.25) is 0 Å². The summed E-state index contributed by atoms with van der Waals surface area (Å²) in [4.78, 5) is 18.6. The van der Waals surface area contributed by atoms with Gasteiger partial charge in [0.25, 0.3) is 0 Å². The highest BCUT2D eigenvalue weighted by atomic mass is 32.1. The molecule has 0 unspecified atom stereocenters. The largest absolute Gasteiger partial charge is 0.362 e. The van der Waals surface area contributed by atoms with Gasteiger partial charge in [0.1, 0.15) is 5.82 Å². The molecule has 5 nitrogen and oxygen atoms in total. The van der Waals surface area contributed by atoms with Crippen LogP contribution in [0, 0.1) is 13.8 Å². The van der Waals surface area contributed by atoms with Crippen LogP contribution in [0.1, 0.15) is 17.0 Å². The fourth-order valence-electron chi connectivity index (χ4n) is 2.92. The molecule has 0 amide bonds. The Hall–Kier alpha value is -2.08. The van der Waals surface area contributed by atoms with Gasteiger partial charge in [-0.05, 0) is 31.5 Å². The predicted molar refractivity (Wildman–Crippen MR) is 95.8 cm³/mol. The number of rotatable bonds is 3. The molecule has 0 N–H and O–H groups in total. The van der Waals surface area contributed by atoms with E-state index in [1.165, 1.54) is 5.56 Å². The van der Waals surface area contributed by atoms with Crippen molar-refractivity contribution in [3.63, 3.8) is 0 Å². The lowest BCUT2D eigenvalue weighted by atomic mass is 10.1. The average Bonchev–Trinajstić information content (AvgIpc) is 2.55. The van der Waals surface area contributed by atoms with Crippen molar-refractivity contribution in [1.29, 1.82) is 0 Å². The molecule has 1 saturated heterocycles. The van der Waals surface area contributed by atoms with Crippen LogP contribution >= 0.6 is 12.2 Å². The Balaban J connectivity index is 1.58. The van der Waals surface area contributed by atoms with Gasteiger partial charge in [0.15, 0.2) is 0 Å². The molecule has 2 aromatic heterocycles. The molecular weight excluding hydrogens is 306 g/mol. The molecule has 1 fully saturated rings. The van der Waals surface area contributed by atoms with Crippen molar-refractivity contribution in [3.8, 4) is 0 Å². The van der Waals surface area contributed by atoms with E-state index >= 15 is 0 Å². The molecule has 0 radical (unpaired) electrons. The van der Waals surface area contributed by atoms with E-state index in [0.717, 1.165) is 54.8 Å². The normalized spacial score (nSPS) is 14.9. The maximum atomic E-state index is 5.64. The SMILES string of the molecule is Cc1cc(C)nc(CC(=S)N2CCN(c3cnccn3)CC2)c1.